The highest BCUT2D eigenvalue weighted by molar-refractivity contribution is 5.94. The minimum absolute atomic E-state index is 0.218. The van der Waals surface area contributed by atoms with Crippen molar-refractivity contribution in [1.82, 2.24) is 9.97 Å². The second-order valence-electron chi connectivity index (χ2n) is 6.45. The summed E-state index contributed by atoms with van der Waals surface area (Å²) in [5.41, 5.74) is 2.19. The average molecular weight is 384 g/mol. The summed E-state index contributed by atoms with van der Waals surface area (Å²) < 4.78 is 24.9. The van der Waals surface area contributed by atoms with Crippen LogP contribution in [0.5, 0.6) is 11.6 Å². The summed E-state index contributed by atoms with van der Waals surface area (Å²) in [5.74, 6) is 0.222. The van der Waals surface area contributed by atoms with Crippen LogP contribution in [0.1, 0.15) is 0 Å². The first-order chi connectivity index (χ1) is 14.2. The number of halogens is 1. The normalized spacial score (nSPS) is 11.1. The molecule has 5 rings (SSSR count). The fraction of sp³-hybridized carbons (Fsp3) is 0. The van der Waals surface area contributed by atoms with Gasteiger partial charge in [-0.15, -0.1) is 0 Å². The van der Waals surface area contributed by atoms with Crippen molar-refractivity contribution in [2.24, 2.45) is 0 Å². The van der Waals surface area contributed by atoms with Crippen molar-refractivity contribution < 1.29 is 13.5 Å². The number of benzene rings is 3. The van der Waals surface area contributed by atoms with E-state index in [1.165, 1.54) is 24.5 Å². The molecule has 29 heavy (non-hydrogen) atoms. The van der Waals surface area contributed by atoms with Gasteiger partial charge in [-0.2, -0.15) is 0 Å². The summed E-state index contributed by atoms with van der Waals surface area (Å²) in [6.45, 7) is 0. The van der Waals surface area contributed by atoms with Crippen LogP contribution in [-0.2, 0) is 0 Å². The minimum Gasteiger partial charge on any atom is -0.438 e. The molecule has 0 radical (unpaired) electrons. The van der Waals surface area contributed by atoms with Crippen molar-refractivity contribution in [3.8, 4) is 22.8 Å². The zero-order valence-electron chi connectivity index (χ0n) is 15.0. The van der Waals surface area contributed by atoms with E-state index in [0.29, 0.717) is 22.2 Å². The first-order valence-electron chi connectivity index (χ1n) is 8.89. The van der Waals surface area contributed by atoms with E-state index in [0.717, 1.165) is 16.5 Å². The molecule has 0 spiro atoms. The van der Waals surface area contributed by atoms with Crippen molar-refractivity contribution in [3.63, 3.8) is 0 Å². The van der Waals surface area contributed by atoms with Gasteiger partial charge in [0, 0.05) is 17.5 Å². The van der Waals surface area contributed by atoms with Gasteiger partial charge in [-0.3, -0.25) is 0 Å². The summed E-state index contributed by atoms with van der Waals surface area (Å²) in [6, 6.07) is 20.5. The Hall–Kier alpha value is -4.06. The predicted molar refractivity (Wildman–Crippen MR) is 107 cm³/mol. The molecule has 0 atom stereocenters. The molecule has 6 heteroatoms. The van der Waals surface area contributed by atoms with Crippen LogP contribution >= 0.6 is 0 Å². The highest BCUT2D eigenvalue weighted by Crippen LogP contribution is 2.32. The van der Waals surface area contributed by atoms with Crippen LogP contribution in [0, 0.1) is 5.82 Å². The molecule has 3 aromatic carbocycles. The van der Waals surface area contributed by atoms with E-state index in [1.54, 1.807) is 18.2 Å². The van der Waals surface area contributed by atoms with Crippen LogP contribution in [0.2, 0.25) is 0 Å². The smallest absolute Gasteiger partial charge is 0.336 e. The van der Waals surface area contributed by atoms with Gasteiger partial charge in [0.2, 0.25) is 5.88 Å². The molecule has 140 valence electrons. The van der Waals surface area contributed by atoms with Crippen molar-refractivity contribution >= 4 is 21.9 Å². The van der Waals surface area contributed by atoms with E-state index in [2.05, 4.69) is 9.97 Å². The lowest BCUT2D eigenvalue weighted by molar-refractivity contribution is 0.466. The summed E-state index contributed by atoms with van der Waals surface area (Å²) >= 11 is 0. The summed E-state index contributed by atoms with van der Waals surface area (Å²) in [4.78, 5) is 20.3. The maximum atomic E-state index is 13.7. The van der Waals surface area contributed by atoms with Crippen LogP contribution in [0.15, 0.2) is 88.3 Å². The van der Waals surface area contributed by atoms with Gasteiger partial charge in [0.1, 0.15) is 23.5 Å². The van der Waals surface area contributed by atoms with E-state index in [4.69, 9.17) is 9.15 Å². The number of ether oxygens (including phenoxy) is 1. The van der Waals surface area contributed by atoms with Crippen molar-refractivity contribution in [2.75, 3.05) is 0 Å². The number of hydrogen-bond acceptors (Lipinski definition) is 5. The molecule has 0 unspecified atom stereocenters. The lowest BCUT2D eigenvalue weighted by atomic mass is 10.0. The zero-order valence-corrected chi connectivity index (χ0v) is 15.0. The first-order valence-corrected chi connectivity index (χ1v) is 8.89. The second kappa shape index (κ2) is 6.83. The van der Waals surface area contributed by atoms with Gasteiger partial charge >= 0.3 is 5.63 Å². The van der Waals surface area contributed by atoms with Gasteiger partial charge < -0.3 is 9.15 Å². The Morgan fingerprint density at radius 2 is 1.72 bits per heavy atom. The van der Waals surface area contributed by atoms with E-state index < -0.39 is 11.4 Å². The van der Waals surface area contributed by atoms with Crippen molar-refractivity contribution in [1.29, 1.82) is 0 Å². The van der Waals surface area contributed by atoms with Gasteiger partial charge in [-0.1, -0.05) is 30.3 Å². The summed E-state index contributed by atoms with van der Waals surface area (Å²) in [5, 5.41) is 1.23. The molecule has 0 aliphatic carbocycles. The standard InChI is InChI=1S/C23H13FN2O3/c24-15-6-9-20-19(10-15)23(26-13-25-20)28-16-7-8-17-18(14-4-2-1-3-5-14)12-22(27)29-21(17)11-16/h1-13H. The third-order valence-electron chi connectivity index (χ3n) is 4.58. The SMILES string of the molecule is O=c1cc(-c2ccccc2)c2ccc(Oc3ncnc4ccc(F)cc34)cc2o1. The molecule has 0 amide bonds. The Morgan fingerprint density at radius 1 is 0.862 bits per heavy atom. The maximum absolute atomic E-state index is 13.7. The van der Waals surface area contributed by atoms with Crippen molar-refractivity contribution in [2.45, 2.75) is 0 Å². The molecule has 0 N–H and O–H groups in total. The molecule has 0 aliphatic rings. The third-order valence-corrected chi connectivity index (χ3v) is 4.58. The van der Waals surface area contributed by atoms with Gasteiger partial charge in [0.15, 0.2) is 0 Å². The Labute approximate surface area is 164 Å². The Morgan fingerprint density at radius 3 is 2.59 bits per heavy atom. The van der Waals surface area contributed by atoms with Crippen LogP contribution in [0.25, 0.3) is 33.0 Å². The number of aromatic nitrogens is 2. The lowest BCUT2D eigenvalue weighted by Gasteiger charge is -2.09. The third kappa shape index (κ3) is 3.21. The molecule has 0 saturated carbocycles. The number of nitrogens with zero attached hydrogens (tertiary/aromatic N) is 2. The average Bonchev–Trinajstić information content (AvgIpc) is 2.74. The highest BCUT2D eigenvalue weighted by atomic mass is 19.1. The van der Waals surface area contributed by atoms with E-state index in [-0.39, 0.29) is 5.88 Å². The van der Waals surface area contributed by atoms with Crippen LogP contribution in [-0.4, -0.2) is 9.97 Å². The van der Waals surface area contributed by atoms with E-state index in [1.807, 2.05) is 36.4 Å². The minimum atomic E-state index is -0.455. The van der Waals surface area contributed by atoms with Crippen LogP contribution < -0.4 is 10.4 Å². The van der Waals surface area contributed by atoms with E-state index >= 15 is 0 Å². The van der Waals surface area contributed by atoms with Gasteiger partial charge in [-0.05, 0) is 41.5 Å². The fourth-order valence-electron chi connectivity index (χ4n) is 3.26. The molecule has 5 aromatic rings. The predicted octanol–water partition coefficient (Wildman–Crippen LogP) is 5.33. The van der Waals surface area contributed by atoms with Gasteiger partial charge in [0.25, 0.3) is 0 Å². The topological polar surface area (TPSA) is 65.2 Å². The second-order valence-corrected chi connectivity index (χ2v) is 6.45. The highest BCUT2D eigenvalue weighted by Gasteiger charge is 2.11. The van der Waals surface area contributed by atoms with Crippen molar-refractivity contribution in [3.05, 3.63) is 95.4 Å². The quantitative estimate of drug-likeness (QED) is 0.393. The fourth-order valence-corrected chi connectivity index (χ4v) is 3.26. The molecule has 0 fully saturated rings. The largest absolute Gasteiger partial charge is 0.438 e. The number of fused-ring (bicyclic) bond motifs is 2. The molecular formula is C23H13FN2O3. The molecule has 2 aromatic heterocycles. The summed E-state index contributed by atoms with van der Waals surface area (Å²) in [6.07, 6.45) is 1.35. The Kier molecular flexibility index (Phi) is 4.02. The molecular weight excluding hydrogens is 371 g/mol. The maximum Gasteiger partial charge on any atom is 0.336 e. The van der Waals surface area contributed by atoms with E-state index in [9.17, 15) is 9.18 Å². The molecule has 2 heterocycles. The Bertz CT molecular complexity index is 1410. The monoisotopic (exact) mass is 384 g/mol. The first kappa shape index (κ1) is 17.1. The van der Waals surface area contributed by atoms with Crippen LogP contribution in [0.4, 0.5) is 4.39 Å². The lowest BCUT2D eigenvalue weighted by Crippen LogP contribution is -1.98. The number of hydrogen-bond donors (Lipinski definition) is 0. The number of rotatable bonds is 3. The summed E-state index contributed by atoms with van der Waals surface area (Å²) in [7, 11) is 0. The molecule has 0 saturated heterocycles. The van der Waals surface area contributed by atoms with Gasteiger partial charge in [0.05, 0.1) is 10.9 Å². The molecule has 0 bridgehead atoms. The molecule has 5 nitrogen and oxygen atoms in total. The van der Waals surface area contributed by atoms with Gasteiger partial charge in [-0.25, -0.2) is 19.2 Å². The van der Waals surface area contributed by atoms with Crippen LogP contribution in [0.3, 0.4) is 0 Å². The Balaban J connectivity index is 1.61. The zero-order chi connectivity index (χ0) is 19.8. The molecule has 0 aliphatic heterocycles.